The zero-order valence-corrected chi connectivity index (χ0v) is 18.7. The first-order valence-corrected chi connectivity index (χ1v) is 11.0. The minimum Gasteiger partial charge on any atom is -0.454 e. The van der Waals surface area contributed by atoms with E-state index < -0.39 is 23.0 Å². The molecule has 1 aliphatic heterocycles. The van der Waals surface area contributed by atoms with Crippen molar-refractivity contribution in [2.24, 2.45) is 0 Å². The summed E-state index contributed by atoms with van der Waals surface area (Å²) in [4.78, 5) is 31.4. The number of aliphatic hydroxyl groups is 1. The smallest absolute Gasteiger partial charge is 0.271 e. The van der Waals surface area contributed by atoms with Crippen LogP contribution >= 0.6 is 0 Å². The number of nitrogen functional groups attached to an aromatic ring is 1. The predicted octanol–water partition coefficient (Wildman–Crippen LogP) is 3.55. The predicted molar refractivity (Wildman–Crippen MR) is 123 cm³/mol. The molecule has 168 valence electrons. The van der Waals surface area contributed by atoms with E-state index in [-0.39, 0.29) is 22.7 Å². The second kappa shape index (κ2) is 7.15. The van der Waals surface area contributed by atoms with E-state index in [0.717, 1.165) is 12.0 Å². The lowest BCUT2D eigenvalue weighted by molar-refractivity contribution is -0.169. The summed E-state index contributed by atoms with van der Waals surface area (Å²) in [7, 11) is 0. The Bertz CT molecular complexity index is 1320. The molecule has 1 aromatic heterocycles. The largest absolute Gasteiger partial charge is 0.454 e. The maximum Gasteiger partial charge on any atom is 0.271 e. The summed E-state index contributed by atoms with van der Waals surface area (Å²) >= 11 is 0. The highest BCUT2D eigenvalue weighted by Gasteiger charge is 2.72. The fourth-order valence-electron chi connectivity index (χ4n) is 4.87. The SMILES string of the molecule is CCC(C)c1ccc2c(c1)OC1(O)c3cccc(N)c3C(=O)C21NC(=O)c1cnccc1C. The number of nitrogens with two attached hydrogens (primary N) is 1. The van der Waals surface area contributed by atoms with E-state index in [2.05, 4.69) is 24.1 Å². The number of ketones is 1. The van der Waals surface area contributed by atoms with Crippen molar-refractivity contribution in [2.45, 2.75) is 44.4 Å². The van der Waals surface area contributed by atoms with Gasteiger partial charge in [0, 0.05) is 29.2 Å². The maximum absolute atomic E-state index is 14.0. The van der Waals surface area contributed by atoms with Crippen LogP contribution in [0.4, 0.5) is 5.69 Å². The summed E-state index contributed by atoms with van der Waals surface area (Å²) in [5, 5.41) is 14.8. The average Bonchev–Trinajstić information content (AvgIpc) is 3.16. The Kier molecular flexibility index (Phi) is 4.58. The Morgan fingerprint density at radius 3 is 2.76 bits per heavy atom. The molecule has 5 rings (SSSR count). The minimum atomic E-state index is -2.14. The number of ether oxygens (including phenoxy) is 1. The first-order chi connectivity index (χ1) is 15.7. The number of anilines is 1. The number of aromatic nitrogens is 1. The van der Waals surface area contributed by atoms with Crippen molar-refractivity contribution in [2.75, 3.05) is 5.73 Å². The van der Waals surface area contributed by atoms with Crippen LogP contribution in [0.3, 0.4) is 0 Å². The topological polar surface area (TPSA) is 115 Å². The van der Waals surface area contributed by atoms with Crippen molar-refractivity contribution in [3.63, 3.8) is 0 Å². The van der Waals surface area contributed by atoms with Crippen molar-refractivity contribution < 1.29 is 19.4 Å². The molecule has 1 amide bonds. The number of nitrogens with one attached hydrogen (secondary N) is 1. The monoisotopic (exact) mass is 443 g/mol. The zero-order valence-electron chi connectivity index (χ0n) is 18.7. The van der Waals surface area contributed by atoms with Crippen molar-refractivity contribution in [1.29, 1.82) is 0 Å². The number of benzene rings is 2. The van der Waals surface area contributed by atoms with Crippen molar-refractivity contribution in [3.8, 4) is 5.75 Å². The number of Topliss-reactive ketones (excluding diaryl/α,β-unsaturated/α-hetero) is 1. The second-order valence-corrected chi connectivity index (χ2v) is 8.80. The van der Waals surface area contributed by atoms with E-state index >= 15 is 0 Å². The van der Waals surface area contributed by atoms with E-state index in [1.54, 1.807) is 43.5 Å². The molecule has 7 nitrogen and oxygen atoms in total. The fourth-order valence-corrected chi connectivity index (χ4v) is 4.87. The Morgan fingerprint density at radius 2 is 2.03 bits per heavy atom. The van der Waals surface area contributed by atoms with Gasteiger partial charge in [0.2, 0.25) is 11.3 Å². The number of carbonyl (C=O) groups is 2. The molecule has 0 saturated heterocycles. The van der Waals surface area contributed by atoms with Crippen LogP contribution < -0.4 is 15.8 Å². The van der Waals surface area contributed by atoms with Crippen molar-refractivity contribution in [3.05, 3.63) is 88.2 Å². The highest BCUT2D eigenvalue weighted by Crippen LogP contribution is 2.59. The Labute approximate surface area is 191 Å². The van der Waals surface area contributed by atoms with Crippen LogP contribution in [0.5, 0.6) is 5.75 Å². The first kappa shape index (κ1) is 21.2. The molecule has 0 fully saturated rings. The minimum absolute atomic E-state index is 0.153. The van der Waals surface area contributed by atoms with E-state index in [9.17, 15) is 14.7 Å². The van der Waals surface area contributed by atoms with Crippen LogP contribution in [0.1, 0.15) is 69.2 Å². The van der Waals surface area contributed by atoms with Gasteiger partial charge in [0.25, 0.3) is 11.7 Å². The van der Waals surface area contributed by atoms with E-state index in [1.165, 1.54) is 6.20 Å². The third-order valence-electron chi connectivity index (χ3n) is 6.97. The quantitative estimate of drug-likeness (QED) is 0.532. The maximum atomic E-state index is 14.0. The summed E-state index contributed by atoms with van der Waals surface area (Å²) in [5.74, 6) is -2.57. The lowest BCUT2D eigenvalue weighted by Crippen LogP contribution is -2.60. The van der Waals surface area contributed by atoms with Gasteiger partial charge in [-0.3, -0.25) is 14.6 Å². The molecule has 2 heterocycles. The molecule has 0 radical (unpaired) electrons. The summed E-state index contributed by atoms with van der Waals surface area (Å²) < 4.78 is 6.12. The number of amides is 1. The van der Waals surface area contributed by atoms with Crippen LogP contribution in [0, 0.1) is 6.92 Å². The van der Waals surface area contributed by atoms with Crippen LogP contribution in [0.15, 0.2) is 54.9 Å². The Morgan fingerprint density at radius 1 is 1.24 bits per heavy atom. The highest BCUT2D eigenvalue weighted by atomic mass is 16.6. The number of nitrogens with zero attached hydrogens (tertiary/aromatic N) is 1. The number of carbonyl (C=O) groups excluding carboxylic acids is 2. The summed E-state index contributed by atoms with van der Waals surface area (Å²) in [6, 6.07) is 12.1. The number of fused-ring (bicyclic) bond motifs is 5. The van der Waals surface area contributed by atoms with Gasteiger partial charge in [0.1, 0.15) is 5.75 Å². The van der Waals surface area contributed by atoms with Gasteiger partial charge in [0.15, 0.2) is 0 Å². The van der Waals surface area contributed by atoms with Crippen molar-refractivity contribution in [1.82, 2.24) is 10.3 Å². The molecule has 3 unspecified atom stereocenters. The summed E-state index contributed by atoms with van der Waals surface area (Å²) in [5.41, 5.74) is 7.27. The molecule has 0 spiro atoms. The average molecular weight is 444 g/mol. The second-order valence-electron chi connectivity index (χ2n) is 8.80. The number of pyridine rings is 1. The van der Waals surface area contributed by atoms with Gasteiger partial charge in [-0.05, 0) is 48.6 Å². The molecule has 0 bridgehead atoms. The van der Waals surface area contributed by atoms with Gasteiger partial charge >= 0.3 is 0 Å². The Hall–Kier alpha value is -3.71. The van der Waals surface area contributed by atoms with Crippen LogP contribution in [-0.4, -0.2) is 21.8 Å². The fraction of sp³-hybridized carbons (Fsp3) is 0.269. The molecule has 4 N–H and O–H groups in total. The number of hydrogen-bond acceptors (Lipinski definition) is 6. The lowest BCUT2D eigenvalue weighted by atomic mass is 9.81. The summed E-state index contributed by atoms with van der Waals surface area (Å²) in [6.07, 6.45) is 3.94. The van der Waals surface area contributed by atoms with Gasteiger partial charge < -0.3 is 20.9 Å². The van der Waals surface area contributed by atoms with Gasteiger partial charge in [-0.25, -0.2) is 0 Å². The Balaban J connectivity index is 1.73. The molecule has 0 saturated carbocycles. The standard InChI is InChI=1S/C26H25N3O4/c1-4-14(2)16-8-9-18-21(12-16)33-26(32)19-6-5-7-20(27)22(19)23(30)25(18,26)29-24(31)17-13-28-11-10-15(17)3/h5-14,32H,4,27H2,1-3H3,(H,29,31). The van der Waals surface area contributed by atoms with Crippen molar-refractivity contribution >= 4 is 17.4 Å². The number of hydrogen-bond donors (Lipinski definition) is 3. The van der Waals surface area contributed by atoms with E-state index in [1.807, 2.05) is 12.1 Å². The molecular weight excluding hydrogens is 418 g/mol. The molecule has 1 aliphatic carbocycles. The van der Waals surface area contributed by atoms with Gasteiger partial charge in [-0.15, -0.1) is 0 Å². The number of aryl methyl sites for hydroxylation is 1. The molecule has 7 heteroatoms. The van der Waals surface area contributed by atoms with Gasteiger partial charge in [-0.1, -0.05) is 38.1 Å². The molecule has 2 aromatic carbocycles. The lowest BCUT2D eigenvalue weighted by Gasteiger charge is -2.34. The van der Waals surface area contributed by atoms with Crippen LogP contribution in [0.2, 0.25) is 0 Å². The first-order valence-electron chi connectivity index (χ1n) is 11.0. The third kappa shape index (κ3) is 2.69. The molecule has 3 aromatic rings. The van der Waals surface area contributed by atoms with Crippen LogP contribution in [-0.2, 0) is 11.3 Å². The van der Waals surface area contributed by atoms with Gasteiger partial charge in [0.05, 0.1) is 11.1 Å². The molecule has 33 heavy (non-hydrogen) atoms. The summed E-state index contributed by atoms with van der Waals surface area (Å²) in [6.45, 7) is 5.96. The van der Waals surface area contributed by atoms with Crippen LogP contribution in [0.25, 0.3) is 0 Å². The normalized spacial score (nSPS) is 23.3. The number of rotatable bonds is 4. The third-order valence-corrected chi connectivity index (χ3v) is 6.97. The molecule has 2 aliphatic rings. The zero-order chi connectivity index (χ0) is 23.5. The highest BCUT2D eigenvalue weighted by molar-refractivity contribution is 6.16. The van der Waals surface area contributed by atoms with E-state index in [0.29, 0.717) is 22.4 Å². The molecule has 3 atom stereocenters. The van der Waals surface area contributed by atoms with Gasteiger partial charge in [-0.2, -0.15) is 0 Å². The molecular formula is C26H25N3O4. The van der Waals surface area contributed by atoms with E-state index in [4.69, 9.17) is 10.5 Å².